The van der Waals surface area contributed by atoms with Crippen LogP contribution in [-0.4, -0.2) is 25.4 Å². The quantitative estimate of drug-likeness (QED) is 0.575. The Balaban J connectivity index is 2.29. The maximum absolute atomic E-state index is 12.0. The Bertz CT molecular complexity index is 228. The van der Waals surface area contributed by atoms with Crippen LogP contribution < -0.4 is 11.3 Å². The van der Waals surface area contributed by atoms with E-state index in [-0.39, 0.29) is 12.6 Å². The molecule has 0 aliphatic heterocycles. The molecule has 3 nitrogen and oxygen atoms in total. The molecule has 6 heteroatoms. The van der Waals surface area contributed by atoms with Crippen LogP contribution in [0.25, 0.3) is 0 Å². The molecule has 1 aliphatic rings. The molecule has 1 unspecified atom stereocenters. The van der Waals surface area contributed by atoms with E-state index in [0.29, 0.717) is 5.92 Å². The van der Waals surface area contributed by atoms with E-state index < -0.39 is 12.8 Å². The summed E-state index contributed by atoms with van der Waals surface area (Å²) < 4.78 is 40.6. The van der Waals surface area contributed by atoms with Crippen molar-refractivity contribution < 1.29 is 17.9 Å². The van der Waals surface area contributed by atoms with Crippen molar-refractivity contribution in [2.75, 3.05) is 13.2 Å². The summed E-state index contributed by atoms with van der Waals surface area (Å²) >= 11 is 0. The fourth-order valence-corrected chi connectivity index (χ4v) is 2.62. The number of hydrogen-bond donors (Lipinski definition) is 2. The topological polar surface area (TPSA) is 47.3 Å². The van der Waals surface area contributed by atoms with Gasteiger partial charge in [-0.15, -0.1) is 0 Å². The first kappa shape index (κ1) is 15.7. The fourth-order valence-electron chi connectivity index (χ4n) is 2.62. The monoisotopic (exact) mass is 268 g/mol. The summed E-state index contributed by atoms with van der Waals surface area (Å²) in [6.07, 6.45) is 1.22. The average Bonchev–Trinajstić information content (AvgIpc) is 2.34. The van der Waals surface area contributed by atoms with E-state index in [2.05, 4.69) is 12.3 Å². The van der Waals surface area contributed by atoms with Gasteiger partial charge in [-0.3, -0.25) is 11.3 Å². The minimum Gasteiger partial charge on any atom is -0.370 e. The minimum absolute atomic E-state index is 0.0253. The highest BCUT2D eigenvalue weighted by Crippen LogP contribution is 2.32. The molecule has 108 valence electrons. The molecule has 0 saturated heterocycles. The zero-order valence-electron chi connectivity index (χ0n) is 10.8. The van der Waals surface area contributed by atoms with Crippen LogP contribution in [0, 0.1) is 11.8 Å². The van der Waals surface area contributed by atoms with Gasteiger partial charge in [0.1, 0.15) is 6.61 Å². The molecular formula is C12H23F3N2O. The Labute approximate surface area is 106 Å². The van der Waals surface area contributed by atoms with Crippen LogP contribution in [0.15, 0.2) is 0 Å². The van der Waals surface area contributed by atoms with Gasteiger partial charge in [-0.1, -0.05) is 26.2 Å². The van der Waals surface area contributed by atoms with Gasteiger partial charge >= 0.3 is 6.18 Å². The summed E-state index contributed by atoms with van der Waals surface area (Å²) in [6.45, 7) is 1.00. The second kappa shape index (κ2) is 7.31. The zero-order valence-corrected chi connectivity index (χ0v) is 10.8. The highest BCUT2D eigenvalue weighted by molar-refractivity contribution is 4.80. The smallest absolute Gasteiger partial charge is 0.370 e. The summed E-state index contributed by atoms with van der Waals surface area (Å²) in [5, 5.41) is 0. The Hall–Kier alpha value is -0.330. The molecule has 18 heavy (non-hydrogen) atoms. The number of halogens is 3. The van der Waals surface area contributed by atoms with E-state index in [0.717, 1.165) is 31.6 Å². The number of ether oxygens (including phenoxy) is 1. The average molecular weight is 268 g/mol. The van der Waals surface area contributed by atoms with Crippen LogP contribution in [-0.2, 0) is 4.74 Å². The first-order chi connectivity index (χ1) is 8.46. The van der Waals surface area contributed by atoms with E-state index in [9.17, 15) is 13.2 Å². The lowest BCUT2D eigenvalue weighted by Crippen LogP contribution is -2.45. The van der Waals surface area contributed by atoms with E-state index >= 15 is 0 Å². The maximum atomic E-state index is 12.0. The minimum atomic E-state index is -4.26. The summed E-state index contributed by atoms with van der Waals surface area (Å²) in [5.41, 5.74) is 2.60. The van der Waals surface area contributed by atoms with Crippen LogP contribution >= 0.6 is 0 Å². The number of rotatable bonds is 6. The number of hydrogen-bond acceptors (Lipinski definition) is 3. The molecule has 0 bridgehead atoms. The predicted molar refractivity (Wildman–Crippen MR) is 63.7 cm³/mol. The van der Waals surface area contributed by atoms with Gasteiger partial charge in [0.15, 0.2) is 0 Å². The highest BCUT2D eigenvalue weighted by Gasteiger charge is 2.30. The van der Waals surface area contributed by atoms with Crippen LogP contribution in [0.1, 0.15) is 39.0 Å². The number of nitrogens with one attached hydrogen (secondary N) is 1. The molecule has 0 spiro atoms. The second-order valence-corrected chi connectivity index (χ2v) is 5.09. The Morgan fingerprint density at radius 1 is 1.28 bits per heavy atom. The van der Waals surface area contributed by atoms with E-state index in [1.165, 1.54) is 6.42 Å². The molecule has 1 rings (SSSR count). The lowest BCUT2D eigenvalue weighted by atomic mass is 9.78. The molecule has 0 aromatic heterocycles. The van der Waals surface area contributed by atoms with Crippen LogP contribution in [0.4, 0.5) is 13.2 Å². The molecule has 0 heterocycles. The third-order valence-electron chi connectivity index (χ3n) is 3.82. The van der Waals surface area contributed by atoms with Gasteiger partial charge in [0.25, 0.3) is 0 Å². The Kier molecular flexibility index (Phi) is 6.38. The van der Waals surface area contributed by atoms with Crippen molar-refractivity contribution in [3.05, 3.63) is 0 Å². The third kappa shape index (κ3) is 5.54. The van der Waals surface area contributed by atoms with E-state index in [1.54, 1.807) is 0 Å². The lowest BCUT2D eigenvalue weighted by molar-refractivity contribution is -0.176. The van der Waals surface area contributed by atoms with Crippen molar-refractivity contribution in [1.29, 1.82) is 0 Å². The van der Waals surface area contributed by atoms with E-state index in [1.807, 2.05) is 0 Å². The van der Waals surface area contributed by atoms with Crippen LogP contribution in [0.3, 0.4) is 0 Å². The molecule has 3 N–H and O–H groups in total. The van der Waals surface area contributed by atoms with Crippen molar-refractivity contribution in [2.24, 2.45) is 17.7 Å². The molecule has 1 atom stereocenters. The van der Waals surface area contributed by atoms with Gasteiger partial charge in [0.2, 0.25) is 0 Å². The van der Waals surface area contributed by atoms with Gasteiger partial charge in [-0.25, -0.2) is 0 Å². The Morgan fingerprint density at radius 2 is 1.89 bits per heavy atom. The van der Waals surface area contributed by atoms with Crippen molar-refractivity contribution >= 4 is 0 Å². The highest BCUT2D eigenvalue weighted by atomic mass is 19.4. The van der Waals surface area contributed by atoms with Gasteiger partial charge in [-0.05, 0) is 24.7 Å². The van der Waals surface area contributed by atoms with Gasteiger partial charge in [0.05, 0.1) is 6.61 Å². The predicted octanol–water partition coefficient (Wildman–Crippen LogP) is 2.61. The summed E-state index contributed by atoms with van der Waals surface area (Å²) in [7, 11) is 0. The van der Waals surface area contributed by atoms with E-state index in [4.69, 9.17) is 10.6 Å². The van der Waals surface area contributed by atoms with Crippen molar-refractivity contribution in [2.45, 2.75) is 51.2 Å². The number of alkyl halides is 3. The molecule has 0 aromatic rings. The first-order valence-electron chi connectivity index (χ1n) is 6.57. The zero-order chi connectivity index (χ0) is 13.6. The van der Waals surface area contributed by atoms with Crippen molar-refractivity contribution in [3.63, 3.8) is 0 Å². The van der Waals surface area contributed by atoms with Crippen LogP contribution in [0.2, 0.25) is 0 Å². The van der Waals surface area contributed by atoms with Crippen LogP contribution in [0.5, 0.6) is 0 Å². The SMILES string of the molecule is CCC1CCC(C(COCC(F)(F)F)NN)CC1. The lowest BCUT2D eigenvalue weighted by Gasteiger charge is -2.33. The van der Waals surface area contributed by atoms with Gasteiger partial charge in [0, 0.05) is 6.04 Å². The largest absolute Gasteiger partial charge is 0.411 e. The number of nitrogens with two attached hydrogens (primary N) is 1. The second-order valence-electron chi connectivity index (χ2n) is 5.09. The van der Waals surface area contributed by atoms with Gasteiger partial charge in [-0.2, -0.15) is 13.2 Å². The molecule has 1 aliphatic carbocycles. The summed E-state index contributed by atoms with van der Waals surface area (Å²) in [5.74, 6) is 6.49. The molecule has 0 aromatic carbocycles. The Morgan fingerprint density at radius 3 is 2.33 bits per heavy atom. The fraction of sp³-hybridized carbons (Fsp3) is 1.00. The summed E-state index contributed by atoms with van der Waals surface area (Å²) in [6, 6.07) is -0.176. The molecular weight excluding hydrogens is 245 g/mol. The third-order valence-corrected chi connectivity index (χ3v) is 3.82. The van der Waals surface area contributed by atoms with Crippen molar-refractivity contribution in [1.82, 2.24) is 5.43 Å². The number of hydrazine groups is 1. The van der Waals surface area contributed by atoms with Crippen molar-refractivity contribution in [3.8, 4) is 0 Å². The molecule has 1 fully saturated rings. The first-order valence-corrected chi connectivity index (χ1v) is 6.57. The molecule has 1 saturated carbocycles. The molecule has 0 radical (unpaired) electrons. The standard InChI is InChI=1S/C12H23F3N2O/c1-2-9-3-5-10(6-4-9)11(17-16)7-18-8-12(13,14)15/h9-11,17H,2-8,16H2,1H3. The maximum Gasteiger partial charge on any atom is 0.411 e. The molecule has 0 amide bonds. The summed E-state index contributed by atoms with van der Waals surface area (Å²) in [4.78, 5) is 0. The van der Waals surface area contributed by atoms with Gasteiger partial charge < -0.3 is 4.74 Å². The normalized spacial score (nSPS) is 27.2.